The van der Waals surface area contributed by atoms with Crippen LogP contribution in [0.3, 0.4) is 0 Å². The highest BCUT2D eigenvalue weighted by molar-refractivity contribution is 5.89. The van der Waals surface area contributed by atoms with Crippen LogP contribution in [0, 0.1) is 0 Å². The van der Waals surface area contributed by atoms with Gasteiger partial charge >= 0.3 is 6.03 Å². The van der Waals surface area contributed by atoms with E-state index in [0.29, 0.717) is 11.4 Å². The number of carbonyl (C=O) groups is 1. The molecule has 3 N–H and O–H groups in total. The average molecular weight is 318 g/mol. The van der Waals surface area contributed by atoms with Crippen LogP contribution in [-0.4, -0.2) is 31.0 Å². The van der Waals surface area contributed by atoms with E-state index < -0.39 is 18.7 Å². The zero-order valence-corrected chi connectivity index (χ0v) is 12.5. The number of halogens is 1. The Bertz CT molecular complexity index is 622. The number of rotatable bonds is 7. The molecule has 0 fully saturated rings. The number of hydrogen-bond acceptors (Lipinski definition) is 3. The molecule has 0 bridgehead atoms. The highest BCUT2D eigenvalue weighted by atomic mass is 19.1. The maximum Gasteiger partial charge on any atom is 0.319 e. The number of ether oxygens (including phenoxy) is 1. The van der Waals surface area contributed by atoms with E-state index >= 15 is 0 Å². The van der Waals surface area contributed by atoms with Crippen molar-refractivity contribution in [3.8, 4) is 5.75 Å². The fourth-order valence-electron chi connectivity index (χ4n) is 2.07. The van der Waals surface area contributed by atoms with Gasteiger partial charge in [-0.1, -0.05) is 36.4 Å². The molecule has 2 amide bonds. The van der Waals surface area contributed by atoms with Crippen LogP contribution in [0.4, 0.5) is 14.9 Å². The summed E-state index contributed by atoms with van der Waals surface area (Å²) >= 11 is 0. The fourth-order valence-corrected chi connectivity index (χ4v) is 2.07. The monoisotopic (exact) mass is 318 g/mol. The topological polar surface area (TPSA) is 70.6 Å². The molecule has 122 valence electrons. The van der Waals surface area contributed by atoms with Gasteiger partial charge in [-0.15, -0.1) is 0 Å². The SMILES string of the molecule is O=C(Nc1cccc(OCCF)c1)NC(CO)c1ccccc1. The first-order valence-electron chi connectivity index (χ1n) is 7.25. The average Bonchev–Trinajstić information content (AvgIpc) is 2.59. The number of amides is 2. The molecule has 2 rings (SSSR count). The highest BCUT2D eigenvalue weighted by Gasteiger charge is 2.13. The number of hydrogen-bond donors (Lipinski definition) is 3. The van der Waals surface area contributed by atoms with Crippen LogP contribution in [0.1, 0.15) is 11.6 Å². The summed E-state index contributed by atoms with van der Waals surface area (Å²) in [5, 5.41) is 14.8. The van der Waals surface area contributed by atoms with Gasteiger partial charge < -0.3 is 20.5 Å². The lowest BCUT2D eigenvalue weighted by molar-refractivity contribution is 0.225. The molecule has 0 spiro atoms. The van der Waals surface area contributed by atoms with E-state index in [1.807, 2.05) is 30.3 Å². The molecule has 1 atom stereocenters. The molecule has 0 heterocycles. The Morgan fingerprint density at radius 3 is 2.65 bits per heavy atom. The van der Waals surface area contributed by atoms with Gasteiger partial charge in [0, 0.05) is 11.8 Å². The second kappa shape index (κ2) is 8.75. The first-order chi connectivity index (χ1) is 11.2. The molecule has 5 nitrogen and oxygen atoms in total. The van der Waals surface area contributed by atoms with Crippen LogP contribution in [-0.2, 0) is 0 Å². The Kier molecular flexibility index (Phi) is 6.38. The maximum atomic E-state index is 12.1. The summed E-state index contributed by atoms with van der Waals surface area (Å²) in [4.78, 5) is 12.0. The molecule has 0 radical (unpaired) electrons. The summed E-state index contributed by atoms with van der Waals surface area (Å²) in [6.45, 7) is -0.819. The lowest BCUT2D eigenvalue weighted by Crippen LogP contribution is -2.34. The summed E-state index contributed by atoms with van der Waals surface area (Å²) in [5.74, 6) is 0.474. The molecule has 0 saturated heterocycles. The van der Waals surface area contributed by atoms with Gasteiger partial charge in [0.25, 0.3) is 0 Å². The number of carbonyl (C=O) groups excluding carboxylic acids is 1. The van der Waals surface area contributed by atoms with Gasteiger partial charge in [0.2, 0.25) is 0 Å². The fraction of sp³-hybridized carbons (Fsp3) is 0.235. The Hall–Kier alpha value is -2.60. The number of alkyl halides is 1. The van der Waals surface area contributed by atoms with Crippen LogP contribution < -0.4 is 15.4 Å². The minimum atomic E-state index is -0.576. The summed E-state index contributed by atoms with van der Waals surface area (Å²) in [5.41, 5.74) is 1.33. The van der Waals surface area contributed by atoms with Crippen LogP contribution >= 0.6 is 0 Å². The van der Waals surface area contributed by atoms with Crippen LogP contribution in [0.25, 0.3) is 0 Å². The summed E-state index contributed by atoms with van der Waals surface area (Å²) in [6.07, 6.45) is 0. The van der Waals surface area contributed by atoms with Crippen molar-refractivity contribution >= 4 is 11.7 Å². The second-order valence-electron chi connectivity index (χ2n) is 4.81. The summed E-state index contributed by atoms with van der Waals surface area (Å²) < 4.78 is 17.3. The Morgan fingerprint density at radius 1 is 1.17 bits per heavy atom. The van der Waals surface area contributed by atoms with Crippen molar-refractivity contribution in [2.45, 2.75) is 6.04 Å². The Labute approximate surface area is 134 Å². The van der Waals surface area contributed by atoms with E-state index in [2.05, 4.69) is 10.6 Å². The summed E-state index contributed by atoms with van der Waals surface area (Å²) in [6, 6.07) is 14.9. The Morgan fingerprint density at radius 2 is 1.96 bits per heavy atom. The third kappa shape index (κ3) is 5.27. The van der Waals surface area contributed by atoms with Crippen molar-refractivity contribution in [3.63, 3.8) is 0 Å². The van der Waals surface area contributed by atoms with Crippen molar-refractivity contribution in [1.82, 2.24) is 5.32 Å². The van der Waals surface area contributed by atoms with Crippen molar-refractivity contribution in [2.24, 2.45) is 0 Å². The van der Waals surface area contributed by atoms with Gasteiger partial charge in [0.05, 0.1) is 12.6 Å². The van der Waals surface area contributed by atoms with E-state index in [9.17, 15) is 14.3 Å². The minimum absolute atomic E-state index is 0.0315. The summed E-state index contributed by atoms with van der Waals surface area (Å²) in [7, 11) is 0. The number of benzene rings is 2. The van der Waals surface area contributed by atoms with Crippen molar-refractivity contribution < 1.29 is 19.0 Å². The van der Waals surface area contributed by atoms with Crippen LogP contribution in [0.15, 0.2) is 54.6 Å². The highest BCUT2D eigenvalue weighted by Crippen LogP contribution is 2.18. The third-order valence-corrected chi connectivity index (χ3v) is 3.13. The molecule has 0 aliphatic rings. The van der Waals surface area contributed by atoms with E-state index in [4.69, 9.17) is 4.74 Å². The quantitative estimate of drug-likeness (QED) is 0.735. The van der Waals surface area contributed by atoms with Gasteiger partial charge in [-0.3, -0.25) is 0 Å². The molecule has 6 heteroatoms. The predicted molar refractivity (Wildman–Crippen MR) is 86.3 cm³/mol. The third-order valence-electron chi connectivity index (χ3n) is 3.13. The van der Waals surface area contributed by atoms with Gasteiger partial charge in [-0.05, 0) is 17.7 Å². The zero-order valence-electron chi connectivity index (χ0n) is 12.5. The minimum Gasteiger partial charge on any atom is -0.491 e. The molecule has 0 aliphatic carbocycles. The van der Waals surface area contributed by atoms with E-state index in [1.54, 1.807) is 24.3 Å². The van der Waals surface area contributed by atoms with E-state index in [0.717, 1.165) is 5.56 Å². The van der Waals surface area contributed by atoms with E-state index in [-0.39, 0.29) is 13.2 Å². The molecule has 0 aliphatic heterocycles. The maximum absolute atomic E-state index is 12.1. The van der Waals surface area contributed by atoms with Gasteiger partial charge in [-0.2, -0.15) is 0 Å². The van der Waals surface area contributed by atoms with Gasteiger partial charge in [0.15, 0.2) is 0 Å². The lowest BCUT2D eigenvalue weighted by Gasteiger charge is -2.17. The van der Waals surface area contributed by atoms with Gasteiger partial charge in [0.1, 0.15) is 19.0 Å². The smallest absolute Gasteiger partial charge is 0.319 e. The molecular formula is C17H19FN2O3. The van der Waals surface area contributed by atoms with Crippen molar-refractivity contribution in [1.29, 1.82) is 0 Å². The zero-order chi connectivity index (χ0) is 16.5. The molecule has 2 aromatic carbocycles. The number of aliphatic hydroxyl groups is 1. The standard InChI is InChI=1S/C17H19FN2O3/c18-9-10-23-15-8-4-7-14(11-15)19-17(22)20-16(12-21)13-5-2-1-3-6-13/h1-8,11,16,21H,9-10,12H2,(H2,19,20,22). The molecule has 2 aromatic rings. The largest absolute Gasteiger partial charge is 0.491 e. The molecule has 0 saturated carbocycles. The van der Waals surface area contributed by atoms with Gasteiger partial charge in [-0.25, -0.2) is 9.18 Å². The number of aliphatic hydroxyl groups excluding tert-OH is 1. The first-order valence-corrected chi connectivity index (χ1v) is 7.25. The number of urea groups is 1. The normalized spacial score (nSPS) is 11.6. The van der Waals surface area contributed by atoms with Crippen LogP contribution in [0.5, 0.6) is 5.75 Å². The lowest BCUT2D eigenvalue weighted by atomic mass is 10.1. The molecule has 0 aromatic heterocycles. The van der Waals surface area contributed by atoms with Crippen molar-refractivity contribution in [2.75, 3.05) is 25.2 Å². The van der Waals surface area contributed by atoms with Crippen molar-refractivity contribution in [3.05, 3.63) is 60.2 Å². The first kappa shape index (κ1) is 16.8. The molecule has 1 unspecified atom stereocenters. The molecule has 23 heavy (non-hydrogen) atoms. The molecular weight excluding hydrogens is 299 g/mol. The predicted octanol–water partition coefficient (Wildman–Crippen LogP) is 2.89. The Balaban J connectivity index is 1.96. The second-order valence-corrected chi connectivity index (χ2v) is 4.81. The number of anilines is 1. The number of nitrogens with one attached hydrogen (secondary N) is 2. The van der Waals surface area contributed by atoms with E-state index in [1.165, 1.54) is 0 Å². The van der Waals surface area contributed by atoms with Crippen LogP contribution in [0.2, 0.25) is 0 Å².